The van der Waals surface area contributed by atoms with E-state index in [9.17, 15) is 10.2 Å². The minimum Gasteiger partial charge on any atom is -0.362 e. The van der Waals surface area contributed by atoms with Crippen LogP contribution in [0, 0.1) is 6.92 Å². The Hall–Kier alpha value is -1.17. The van der Waals surface area contributed by atoms with Gasteiger partial charge in [-0.3, -0.25) is 0 Å². The van der Waals surface area contributed by atoms with Crippen molar-refractivity contribution in [3.63, 3.8) is 0 Å². The average molecular weight is 298 g/mol. The van der Waals surface area contributed by atoms with Crippen LogP contribution in [0.25, 0.3) is 11.3 Å². The molecule has 90 valence electrons. The van der Waals surface area contributed by atoms with Crippen LogP contribution in [0.4, 0.5) is 0 Å². The highest BCUT2D eigenvalue weighted by molar-refractivity contribution is 9.10. The number of hydrogen-bond acceptors (Lipinski definition) is 4. The number of aliphatic hydroxyl groups is 2. The van der Waals surface area contributed by atoms with E-state index in [-0.39, 0.29) is 0 Å². The molecule has 5 heteroatoms. The van der Waals surface area contributed by atoms with Crippen molar-refractivity contribution in [1.29, 1.82) is 0 Å². The standard InChI is InChI=1S/C12H12BrNO3/c1-7-10(12(2,15)16)11(17-14-7)8-3-5-9(13)6-4-8/h3-6,15-16H,1-2H3. The van der Waals surface area contributed by atoms with Gasteiger partial charge in [0.15, 0.2) is 11.5 Å². The van der Waals surface area contributed by atoms with Gasteiger partial charge in [0, 0.05) is 10.0 Å². The number of nitrogens with zero attached hydrogens (tertiary/aromatic N) is 1. The van der Waals surface area contributed by atoms with Crippen LogP contribution in [0.1, 0.15) is 18.2 Å². The fourth-order valence-corrected chi connectivity index (χ4v) is 1.99. The van der Waals surface area contributed by atoms with E-state index in [0.717, 1.165) is 10.0 Å². The van der Waals surface area contributed by atoms with Gasteiger partial charge in [0.25, 0.3) is 0 Å². The summed E-state index contributed by atoms with van der Waals surface area (Å²) in [5.41, 5.74) is 1.51. The van der Waals surface area contributed by atoms with Gasteiger partial charge in [-0.1, -0.05) is 33.2 Å². The van der Waals surface area contributed by atoms with Crippen LogP contribution in [0.2, 0.25) is 0 Å². The predicted octanol–water partition coefficient (Wildman–Crippen LogP) is 2.57. The highest BCUT2D eigenvalue weighted by Gasteiger charge is 2.29. The molecule has 0 spiro atoms. The second-order valence-corrected chi connectivity index (χ2v) is 4.92. The third-order valence-electron chi connectivity index (χ3n) is 2.44. The largest absolute Gasteiger partial charge is 0.362 e. The number of benzene rings is 1. The molecule has 1 aromatic heterocycles. The molecule has 2 rings (SSSR count). The maximum Gasteiger partial charge on any atom is 0.192 e. The second kappa shape index (κ2) is 4.25. The summed E-state index contributed by atoms with van der Waals surface area (Å²) in [5, 5.41) is 23.2. The van der Waals surface area contributed by atoms with E-state index in [1.807, 2.05) is 24.3 Å². The molecule has 2 aromatic rings. The highest BCUT2D eigenvalue weighted by Crippen LogP contribution is 2.33. The lowest BCUT2D eigenvalue weighted by Gasteiger charge is -2.15. The van der Waals surface area contributed by atoms with Crippen molar-refractivity contribution in [2.75, 3.05) is 0 Å². The van der Waals surface area contributed by atoms with E-state index in [0.29, 0.717) is 17.0 Å². The molecule has 0 aliphatic rings. The third kappa shape index (κ3) is 2.41. The Morgan fingerprint density at radius 2 is 1.82 bits per heavy atom. The number of aromatic nitrogens is 1. The molecule has 0 bridgehead atoms. The summed E-state index contributed by atoms with van der Waals surface area (Å²) in [6, 6.07) is 7.34. The lowest BCUT2D eigenvalue weighted by atomic mass is 10.0. The van der Waals surface area contributed by atoms with E-state index >= 15 is 0 Å². The van der Waals surface area contributed by atoms with Crippen molar-refractivity contribution in [2.24, 2.45) is 0 Å². The molecule has 1 heterocycles. The van der Waals surface area contributed by atoms with Gasteiger partial charge in [-0.05, 0) is 26.0 Å². The van der Waals surface area contributed by atoms with Crippen molar-refractivity contribution in [1.82, 2.24) is 5.16 Å². The molecule has 2 N–H and O–H groups in total. The summed E-state index contributed by atoms with van der Waals surface area (Å²) < 4.78 is 6.10. The third-order valence-corrected chi connectivity index (χ3v) is 2.97. The number of aryl methyl sites for hydroxylation is 1. The Bertz CT molecular complexity index is 526. The zero-order chi connectivity index (χ0) is 12.6. The molecule has 0 atom stereocenters. The number of rotatable bonds is 2. The van der Waals surface area contributed by atoms with Crippen molar-refractivity contribution in [2.45, 2.75) is 19.6 Å². The summed E-state index contributed by atoms with van der Waals surface area (Å²) in [5.74, 6) is -1.59. The molecule has 0 aliphatic heterocycles. The van der Waals surface area contributed by atoms with Gasteiger partial charge < -0.3 is 14.7 Å². The second-order valence-electron chi connectivity index (χ2n) is 4.00. The number of hydrogen-bond donors (Lipinski definition) is 2. The Morgan fingerprint density at radius 3 is 2.35 bits per heavy atom. The van der Waals surface area contributed by atoms with Gasteiger partial charge in [-0.2, -0.15) is 0 Å². The normalized spacial score (nSPS) is 11.8. The fourth-order valence-electron chi connectivity index (χ4n) is 1.73. The molecular weight excluding hydrogens is 286 g/mol. The minimum atomic E-state index is -1.97. The van der Waals surface area contributed by atoms with Crippen molar-refractivity contribution in [3.05, 3.63) is 40.0 Å². The minimum absolute atomic E-state index is 0.292. The topological polar surface area (TPSA) is 66.5 Å². The molecule has 0 aliphatic carbocycles. The Labute approximate surface area is 107 Å². The summed E-state index contributed by atoms with van der Waals surface area (Å²) in [6.45, 7) is 2.96. The highest BCUT2D eigenvalue weighted by atomic mass is 79.9. The van der Waals surface area contributed by atoms with Crippen molar-refractivity contribution < 1.29 is 14.7 Å². The monoisotopic (exact) mass is 297 g/mol. The number of halogens is 1. The summed E-state index contributed by atoms with van der Waals surface area (Å²) >= 11 is 3.34. The van der Waals surface area contributed by atoms with Crippen LogP contribution in [-0.4, -0.2) is 15.4 Å². The Morgan fingerprint density at radius 1 is 1.24 bits per heavy atom. The van der Waals surface area contributed by atoms with Gasteiger partial charge in [-0.15, -0.1) is 0 Å². The van der Waals surface area contributed by atoms with Crippen LogP contribution in [0.5, 0.6) is 0 Å². The fraction of sp³-hybridized carbons (Fsp3) is 0.250. The molecule has 0 radical (unpaired) electrons. The van der Waals surface area contributed by atoms with Gasteiger partial charge in [0.05, 0.1) is 11.3 Å². The molecule has 0 fully saturated rings. The van der Waals surface area contributed by atoms with E-state index in [2.05, 4.69) is 21.1 Å². The van der Waals surface area contributed by atoms with Crippen molar-refractivity contribution in [3.8, 4) is 11.3 Å². The first-order valence-electron chi connectivity index (χ1n) is 5.07. The van der Waals surface area contributed by atoms with Crippen molar-refractivity contribution >= 4 is 15.9 Å². The van der Waals surface area contributed by atoms with E-state index in [1.54, 1.807) is 6.92 Å². The van der Waals surface area contributed by atoms with Gasteiger partial charge in [-0.25, -0.2) is 0 Å². The lowest BCUT2D eigenvalue weighted by Crippen LogP contribution is -2.21. The zero-order valence-corrected chi connectivity index (χ0v) is 11.0. The van der Waals surface area contributed by atoms with Crippen LogP contribution < -0.4 is 0 Å². The van der Waals surface area contributed by atoms with Gasteiger partial charge in [0.1, 0.15) is 0 Å². The first kappa shape index (κ1) is 12.3. The summed E-state index contributed by atoms with van der Waals surface area (Å²) in [7, 11) is 0. The Balaban J connectivity index is 2.57. The first-order chi connectivity index (χ1) is 7.89. The molecule has 17 heavy (non-hydrogen) atoms. The molecule has 0 saturated carbocycles. The summed E-state index contributed by atoms with van der Waals surface area (Å²) in [6.07, 6.45) is 0. The molecule has 4 nitrogen and oxygen atoms in total. The smallest absolute Gasteiger partial charge is 0.192 e. The first-order valence-corrected chi connectivity index (χ1v) is 5.86. The zero-order valence-electron chi connectivity index (χ0n) is 9.44. The van der Waals surface area contributed by atoms with Gasteiger partial charge in [0.2, 0.25) is 0 Å². The lowest BCUT2D eigenvalue weighted by molar-refractivity contribution is -0.152. The van der Waals surface area contributed by atoms with E-state index in [4.69, 9.17) is 4.52 Å². The quantitative estimate of drug-likeness (QED) is 0.836. The molecular formula is C12H12BrNO3. The van der Waals surface area contributed by atoms with Gasteiger partial charge >= 0.3 is 0 Å². The van der Waals surface area contributed by atoms with Crippen LogP contribution in [-0.2, 0) is 5.79 Å². The van der Waals surface area contributed by atoms with E-state index < -0.39 is 5.79 Å². The van der Waals surface area contributed by atoms with Crippen LogP contribution in [0.3, 0.4) is 0 Å². The predicted molar refractivity (Wildman–Crippen MR) is 66.2 cm³/mol. The van der Waals surface area contributed by atoms with Crippen LogP contribution in [0.15, 0.2) is 33.3 Å². The van der Waals surface area contributed by atoms with E-state index in [1.165, 1.54) is 6.92 Å². The molecule has 0 unspecified atom stereocenters. The SMILES string of the molecule is Cc1noc(-c2ccc(Br)cc2)c1C(C)(O)O. The summed E-state index contributed by atoms with van der Waals surface area (Å²) in [4.78, 5) is 0. The average Bonchev–Trinajstić information content (AvgIpc) is 2.61. The Kier molecular flexibility index (Phi) is 3.07. The molecule has 0 saturated heterocycles. The molecule has 1 aromatic carbocycles. The molecule has 0 amide bonds. The maximum atomic E-state index is 9.70. The van der Waals surface area contributed by atoms with Crippen LogP contribution >= 0.6 is 15.9 Å². The maximum absolute atomic E-state index is 9.70.